The smallest absolute Gasteiger partial charge is 0.362 e. The quantitative estimate of drug-likeness (QED) is 0.643. The molecule has 0 heterocycles. The van der Waals surface area contributed by atoms with Crippen LogP contribution in [0.15, 0.2) is 48.5 Å². The summed E-state index contributed by atoms with van der Waals surface area (Å²) in [4.78, 5) is 0. The molecule has 2 aromatic carbocycles. The summed E-state index contributed by atoms with van der Waals surface area (Å²) in [5.74, 6) is 0.0711. The van der Waals surface area contributed by atoms with Gasteiger partial charge < -0.3 is 4.18 Å². The zero-order valence-corrected chi connectivity index (χ0v) is 15.2. The predicted octanol–water partition coefficient (Wildman–Crippen LogP) is 5.02. The fourth-order valence-corrected chi connectivity index (χ4v) is 2.84. The highest BCUT2D eigenvalue weighted by molar-refractivity contribution is 7.82. The molecule has 0 bridgehead atoms. The van der Waals surface area contributed by atoms with Crippen LogP contribution in [0.1, 0.15) is 0 Å². The van der Waals surface area contributed by atoms with E-state index >= 15 is 0 Å². The van der Waals surface area contributed by atoms with Crippen molar-refractivity contribution in [3.8, 4) is 16.9 Å². The van der Waals surface area contributed by atoms with E-state index < -0.39 is 20.8 Å². The van der Waals surface area contributed by atoms with Gasteiger partial charge in [0.2, 0.25) is 3.79 Å². The molecule has 23 heavy (non-hydrogen) atoms. The van der Waals surface area contributed by atoms with E-state index in [0.29, 0.717) is 5.02 Å². The van der Waals surface area contributed by atoms with Crippen molar-refractivity contribution in [2.45, 2.75) is 3.79 Å². The van der Waals surface area contributed by atoms with Gasteiger partial charge in [-0.2, -0.15) is 8.42 Å². The summed E-state index contributed by atoms with van der Waals surface area (Å²) >= 11 is 22.1. The van der Waals surface area contributed by atoms with Gasteiger partial charge in [0.25, 0.3) is 0 Å². The third-order valence-corrected chi connectivity index (χ3v) is 3.96. The number of hydrogen-bond acceptors (Lipinski definition) is 4. The van der Waals surface area contributed by atoms with Crippen molar-refractivity contribution in [3.05, 3.63) is 53.6 Å². The second kappa shape index (κ2) is 7.47. The maximum atomic E-state index is 11.7. The zero-order chi connectivity index (χ0) is 17.1. The van der Waals surface area contributed by atoms with E-state index in [1.54, 1.807) is 42.5 Å². The third-order valence-electron chi connectivity index (χ3n) is 2.58. The lowest BCUT2D eigenvalue weighted by atomic mass is 10.1. The van der Waals surface area contributed by atoms with Gasteiger partial charge in [0.15, 0.2) is 0 Å². The molecule has 0 saturated carbocycles. The highest BCUT2D eigenvalue weighted by atomic mass is 35.6. The van der Waals surface area contributed by atoms with Crippen LogP contribution in [0.25, 0.3) is 11.1 Å². The van der Waals surface area contributed by atoms with Gasteiger partial charge in [0, 0.05) is 5.02 Å². The topological polar surface area (TPSA) is 52.6 Å². The first-order valence-corrected chi connectivity index (χ1v) is 9.01. The summed E-state index contributed by atoms with van der Waals surface area (Å²) in [6, 6.07) is 13.5. The van der Waals surface area contributed by atoms with Crippen LogP contribution in [-0.4, -0.2) is 18.8 Å². The molecule has 0 aromatic heterocycles. The first kappa shape index (κ1) is 18.6. The van der Waals surface area contributed by atoms with Crippen molar-refractivity contribution in [3.63, 3.8) is 0 Å². The Morgan fingerprint density at radius 1 is 0.957 bits per heavy atom. The Morgan fingerprint density at radius 3 is 2.22 bits per heavy atom. The Morgan fingerprint density at radius 2 is 1.61 bits per heavy atom. The number of halogens is 4. The fraction of sp³-hybridized carbons (Fsp3) is 0.143. The minimum absolute atomic E-state index is 0.0711. The summed E-state index contributed by atoms with van der Waals surface area (Å²) in [7, 11) is -4.35. The standard InChI is InChI=1S/C14H10Cl4O4S/c15-12-6-4-10(5-7-12)11-2-1-3-13(8-11)22-23(19,20)21-9-14(16,17)18/h1-8H,9H2. The molecule has 0 atom stereocenters. The predicted molar refractivity (Wildman–Crippen MR) is 92.7 cm³/mol. The van der Waals surface area contributed by atoms with Gasteiger partial charge in [-0.1, -0.05) is 70.7 Å². The second-order valence-electron chi connectivity index (χ2n) is 4.40. The van der Waals surface area contributed by atoms with Crippen LogP contribution < -0.4 is 4.18 Å². The molecular weight excluding hydrogens is 406 g/mol. The first-order valence-electron chi connectivity index (χ1n) is 6.16. The van der Waals surface area contributed by atoms with Gasteiger partial charge in [0.1, 0.15) is 12.4 Å². The minimum atomic E-state index is -4.35. The van der Waals surface area contributed by atoms with Crippen molar-refractivity contribution in [1.82, 2.24) is 0 Å². The lowest BCUT2D eigenvalue weighted by Crippen LogP contribution is -2.21. The zero-order valence-electron chi connectivity index (χ0n) is 11.4. The van der Waals surface area contributed by atoms with Gasteiger partial charge in [0.05, 0.1) is 0 Å². The summed E-state index contributed by atoms with van der Waals surface area (Å²) < 4.78 is 30.9. The number of hydrogen-bond donors (Lipinski definition) is 0. The number of rotatable bonds is 5. The number of alkyl halides is 3. The maximum absolute atomic E-state index is 11.7. The lowest BCUT2D eigenvalue weighted by molar-refractivity contribution is 0.279. The lowest BCUT2D eigenvalue weighted by Gasteiger charge is -2.12. The van der Waals surface area contributed by atoms with E-state index in [1.165, 1.54) is 6.07 Å². The van der Waals surface area contributed by atoms with Crippen LogP contribution in [0.2, 0.25) is 5.02 Å². The maximum Gasteiger partial charge on any atom is 0.449 e. The van der Waals surface area contributed by atoms with Crippen LogP contribution in [0, 0.1) is 0 Å². The highest BCUT2D eigenvalue weighted by Gasteiger charge is 2.25. The van der Waals surface area contributed by atoms with Crippen LogP contribution >= 0.6 is 46.4 Å². The summed E-state index contributed by atoms with van der Waals surface area (Å²) in [5, 5.41) is 0.601. The van der Waals surface area contributed by atoms with Crippen molar-refractivity contribution in [1.29, 1.82) is 0 Å². The van der Waals surface area contributed by atoms with Crippen molar-refractivity contribution in [2.75, 3.05) is 6.61 Å². The Kier molecular flexibility index (Phi) is 6.05. The van der Waals surface area contributed by atoms with Crippen LogP contribution in [0.5, 0.6) is 5.75 Å². The molecule has 9 heteroatoms. The van der Waals surface area contributed by atoms with E-state index in [1.807, 2.05) is 0 Å². The Hall–Kier alpha value is -0.690. The normalized spacial score (nSPS) is 12.2. The first-order chi connectivity index (χ1) is 10.6. The SMILES string of the molecule is O=S(=O)(OCC(Cl)(Cl)Cl)Oc1cccc(-c2ccc(Cl)cc2)c1. The Bertz CT molecular complexity index is 770. The third kappa shape index (κ3) is 6.37. The molecule has 0 radical (unpaired) electrons. The van der Waals surface area contributed by atoms with Gasteiger partial charge in [-0.25, -0.2) is 4.18 Å². The van der Waals surface area contributed by atoms with Crippen LogP contribution in [0.3, 0.4) is 0 Å². The van der Waals surface area contributed by atoms with Crippen molar-refractivity contribution in [2.24, 2.45) is 0 Å². The molecule has 0 aliphatic carbocycles. The molecule has 0 aliphatic heterocycles. The van der Waals surface area contributed by atoms with E-state index in [2.05, 4.69) is 4.18 Å². The highest BCUT2D eigenvalue weighted by Crippen LogP contribution is 2.28. The molecule has 124 valence electrons. The minimum Gasteiger partial charge on any atom is -0.362 e. The monoisotopic (exact) mass is 414 g/mol. The van der Waals surface area contributed by atoms with Crippen molar-refractivity contribution < 1.29 is 16.8 Å². The summed E-state index contributed by atoms with van der Waals surface area (Å²) in [5.41, 5.74) is 1.59. The molecule has 0 unspecified atom stereocenters. The molecule has 0 saturated heterocycles. The fourth-order valence-electron chi connectivity index (χ4n) is 1.65. The Labute approximate surface area is 154 Å². The average molecular weight is 416 g/mol. The largest absolute Gasteiger partial charge is 0.449 e. The molecule has 2 aromatic rings. The van der Waals surface area contributed by atoms with Gasteiger partial charge >= 0.3 is 10.4 Å². The molecule has 0 amide bonds. The van der Waals surface area contributed by atoms with Gasteiger partial charge in [-0.15, -0.1) is 0 Å². The molecule has 0 aliphatic rings. The van der Waals surface area contributed by atoms with Gasteiger partial charge in [-0.3, -0.25) is 0 Å². The number of benzene rings is 2. The van der Waals surface area contributed by atoms with Crippen molar-refractivity contribution >= 4 is 56.8 Å². The second-order valence-corrected chi connectivity index (χ2v) is 8.58. The van der Waals surface area contributed by atoms with Crippen LogP contribution in [-0.2, 0) is 14.6 Å². The molecule has 0 spiro atoms. The summed E-state index contributed by atoms with van der Waals surface area (Å²) in [6.07, 6.45) is 0. The van der Waals surface area contributed by atoms with E-state index in [-0.39, 0.29) is 5.75 Å². The average Bonchev–Trinajstić information content (AvgIpc) is 2.45. The molecule has 0 N–H and O–H groups in total. The summed E-state index contributed by atoms with van der Waals surface area (Å²) in [6.45, 7) is -0.656. The Balaban J connectivity index is 2.15. The van der Waals surface area contributed by atoms with E-state index in [4.69, 9.17) is 50.6 Å². The van der Waals surface area contributed by atoms with E-state index in [9.17, 15) is 8.42 Å². The molecular formula is C14H10Cl4O4S. The molecule has 0 fully saturated rings. The molecule has 4 nitrogen and oxygen atoms in total. The van der Waals surface area contributed by atoms with Gasteiger partial charge in [-0.05, 0) is 35.4 Å². The molecule has 2 rings (SSSR count). The van der Waals surface area contributed by atoms with E-state index in [0.717, 1.165) is 11.1 Å². The van der Waals surface area contributed by atoms with Crippen LogP contribution in [0.4, 0.5) is 0 Å².